The van der Waals surface area contributed by atoms with Crippen molar-refractivity contribution in [2.24, 2.45) is 11.8 Å². The van der Waals surface area contributed by atoms with E-state index in [9.17, 15) is 4.79 Å². The first-order valence-electron chi connectivity index (χ1n) is 10.1. The summed E-state index contributed by atoms with van der Waals surface area (Å²) in [6.07, 6.45) is 6.87. The second-order valence-electron chi connectivity index (χ2n) is 7.93. The lowest BCUT2D eigenvalue weighted by atomic mass is 9.75. The van der Waals surface area contributed by atoms with Crippen LogP contribution in [0.4, 0.5) is 5.69 Å². The van der Waals surface area contributed by atoms with Gasteiger partial charge in [0.15, 0.2) is 6.54 Å². The Kier molecular flexibility index (Phi) is 5.35. The van der Waals surface area contributed by atoms with Crippen molar-refractivity contribution in [3.63, 3.8) is 0 Å². The summed E-state index contributed by atoms with van der Waals surface area (Å²) in [5, 5.41) is 3.17. The molecule has 2 fully saturated rings. The Balaban J connectivity index is 1.40. The highest BCUT2D eigenvalue weighted by Gasteiger charge is 2.34. The lowest BCUT2D eigenvalue weighted by Gasteiger charge is -2.38. The number of hydrogen-bond donors (Lipinski definition) is 2. The van der Waals surface area contributed by atoms with Crippen LogP contribution in [0.3, 0.4) is 0 Å². The SMILES string of the molecule is O=C(C[NH+]1CC[C@@H]2CCCC[C@@H]2C1)Nc1ccccc1-c1ccccc1. The summed E-state index contributed by atoms with van der Waals surface area (Å²) in [4.78, 5) is 14.2. The van der Waals surface area contributed by atoms with Crippen molar-refractivity contribution in [1.82, 2.24) is 0 Å². The van der Waals surface area contributed by atoms with Gasteiger partial charge in [-0.3, -0.25) is 4.79 Å². The van der Waals surface area contributed by atoms with E-state index in [4.69, 9.17) is 0 Å². The van der Waals surface area contributed by atoms with Crippen LogP contribution in [-0.4, -0.2) is 25.5 Å². The second-order valence-corrected chi connectivity index (χ2v) is 7.93. The minimum Gasteiger partial charge on any atom is -0.327 e. The van der Waals surface area contributed by atoms with Gasteiger partial charge in [0.05, 0.1) is 13.1 Å². The minimum absolute atomic E-state index is 0.137. The summed E-state index contributed by atoms with van der Waals surface area (Å²) in [5.74, 6) is 1.91. The van der Waals surface area contributed by atoms with Crippen LogP contribution >= 0.6 is 0 Å². The fraction of sp³-hybridized carbons (Fsp3) is 0.435. The maximum absolute atomic E-state index is 12.7. The van der Waals surface area contributed by atoms with Crippen LogP contribution in [0.15, 0.2) is 54.6 Å². The van der Waals surface area contributed by atoms with Gasteiger partial charge in [0.1, 0.15) is 0 Å². The Morgan fingerprint density at radius 3 is 2.50 bits per heavy atom. The number of carbonyl (C=O) groups excluding carboxylic acids is 1. The van der Waals surface area contributed by atoms with Crippen molar-refractivity contribution in [3.05, 3.63) is 54.6 Å². The number of benzene rings is 2. The summed E-state index contributed by atoms with van der Waals surface area (Å²) in [5.41, 5.74) is 3.14. The summed E-state index contributed by atoms with van der Waals surface area (Å²) in [6.45, 7) is 2.92. The van der Waals surface area contributed by atoms with Crippen molar-refractivity contribution in [3.8, 4) is 11.1 Å². The van der Waals surface area contributed by atoms with Gasteiger partial charge in [0.2, 0.25) is 0 Å². The molecule has 1 amide bonds. The van der Waals surface area contributed by atoms with Gasteiger partial charge < -0.3 is 10.2 Å². The van der Waals surface area contributed by atoms with Gasteiger partial charge in [-0.2, -0.15) is 0 Å². The molecular formula is C23H29N2O+. The molecule has 136 valence electrons. The first-order chi connectivity index (χ1) is 12.8. The predicted octanol–water partition coefficient (Wildman–Crippen LogP) is 3.39. The predicted molar refractivity (Wildman–Crippen MR) is 106 cm³/mol. The molecule has 3 nitrogen and oxygen atoms in total. The van der Waals surface area contributed by atoms with Crippen molar-refractivity contribution < 1.29 is 9.69 Å². The molecule has 1 saturated carbocycles. The topological polar surface area (TPSA) is 33.5 Å². The number of para-hydroxylation sites is 1. The van der Waals surface area contributed by atoms with Crippen LogP contribution in [0.2, 0.25) is 0 Å². The van der Waals surface area contributed by atoms with Crippen LogP contribution in [0.25, 0.3) is 11.1 Å². The first kappa shape index (κ1) is 17.3. The van der Waals surface area contributed by atoms with Crippen LogP contribution in [0, 0.1) is 11.8 Å². The monoisotopic (exact) mass is 349 g/mol. The third-order valence-electron chi connectivity index (χ3n) is 6.18. The van der Waals surface area contributed by atoms with Gasteiger partial charge in [-0.15, -0.1) is 0 Å². The lowest BCUT2D eigenvalue weighted by Crippen LogP contribution is -3.15. The molecule has 3 atom stereocenters. The normalized spacial score (nSPS) is 25.3. The summed E-state index contributed by atoms with van der Waals surface area (Å²) in [6, 6.07) is 18.4. The largest absolute Gasteiger partial charge is 0.327 e. The minimum atomic E-state index is 0.137. The molecule has 1 heterocycles. The van der Waals surface area contributed by atoms with Gasteiger partial charge >= 0.3 is 0 Å². The van der Waals surface area contributed by atoms with E-state index in [-0.39, 0.29) is 5.91 Å². The maximum Gasteiger partial charge on any atom is 0.279 e. The molecule has 26 heavy (non-hydrogen) atoms. The number of hydrogen-bond acceptors (Lipinski definition) is 1. The molecule has 0 aromatic heterocycles. The highest BCUT2D eigenvalue weighted by Crippen LogP contribution is 2.32. The molecule has 2 N–H and O–H groups in total. The van der Waals surface area contributed by atoms with Crippen LogP contribution < -0.4 is 10.2 Å². The maximum atomic E-state index is 12.7. The van der Waals surface area contributed by atoms with Crippen molar-refractivity contribution in [2.75, 3.05) is 25.0 Å². The Labute approximate surface area is 156 Å². The summed E-state index contributed by atoms with van der Waals surface area (Å²) < 4.78 is 0. The van der Waals surface area contributed by atoms with E-state index in [0.29, 0.717) is 6.54 Å². The third kappa shape index (κ3) is 3.99. The number of carbonyl (C=O) groups is 1. The highest BCUT2D eigenvalue weighted by molar-refractivity contribution is 5.96. The van der Waals surface area contributed by atoms with Crippen molar-refractivity contribution in [2.45, 2.75) is 32.1 Å². The second kappa shape index (κ2) is 8.05. The quantitative estimate of drug-likeness (QED) is 0.872. The molecule has 1 unspecified atom stereocenters. The molecule has 0 spiro atoms. The molecule has 2 aliphatic rings. The molecule has 1 aliphatic carbocycles. The summed E-state index contributed by atoms with van der Waals surface area (Å²) in [7, 11) is 0. The summed E-state index contributed by atoms with van der Waals surface area (Å²) >= 11 is 0. The van der Waals surface area contributed by atoms with E-state index in [0.717, 1.165) is 35.2 Å². The van der Waals surface area contributed by atoms with Gasteiger partial charge in [-0.25, -0.2) is 0 Å². The fourth-order valence-electron chi connectivity index (χ4n) is 4.84. The molecule has 0 bridgehead atoms. The van der Waals surface area contributed by atoms with Gasteiger partial charge in [0.25, 0.3) is 5.91 Å². The van der Waals surface area contributed by atoms with Gasteiger partial charge in [-0.05, 0) is 36.8 Å². The van der Waals surface area contributed by atoms with E-state index in [2.05, 4.69) is 23.5 Å². The standard InChI is InChI=1S/C23H28N2O/c26-23(17-25-15-14-18-8-4-5-11-20(18)16-25)24-22-13-7-6-12-21(22)19-9-2-1-3-10-19/h1-3,6-7,9-10,12-13,18,20H,4-5,8,11,14-17H2,(H,24,26)/p+1/t18-,20+/m0/s1. The Morgan fingerprint density at radius 2 is 1.65 bits per heavy atom. The van der Waals surface area contributed by atoms with Crippen LogP contribution in [-0.2, 0) is 4.79 Å². The van der Waals surface area contributed by atoms with Crippen LogP contribution in [0.1, 0.15) is 32.1 Å². The number of likely N-dealkylation sites (tertiary alicyclic amines) is 1. The fourth-order valence-corrected chi connectivity index (χ4v) is 4.84. The highest BCUT2D eigenvalue weighted by atomic mass is 16.2. The smallest absolute Gasteiger partial charge is 0.279 e. The van der Waals surface area contributed by atoms with E-state index in [1.807, 2.05) is 36.4 Å². The molecule has 0 radical (unpaired) electrons. The molecule has 2 aromatic carbocycles. The number of quaternary nitrogens is 1. The first-order valence-corrected chi connectivity index (χ1v) is 10.1. The molecule has 2 aromatic rings. The van der Waals surface area contributed by atoms with Gasteiger partial charge in [0, 0.05) is 17.2 Å². The number of anilines is 1. The third-order valence-corrected chi connectivity index (χ3v) is 6.18. The Bertz CT molecular complexity index is 743. The lowest BCUT2D eigenvalue weighted by molar-refractivity contribution is -0.902. The Morgan fingerprint density at radius 1 is 0.923 bits per heavy atom. The Hall–Kier alpha value is -2.13. The van der Waals surface area contributed by atoms with E-state index in [1.165, 1.54) is 43.5 Å². The van der Waals surface area contributed by atoms with E-state index in [1.54, 1.807) is 0 Å². The number of amides is 1. The number of rotatable bonds is 4. The molecule has 4 rings (SSSR count). The zero-order chi connectivity index (χ0) is 17.8. The molecular weight excluding hydrogens is 320 g/mol. The number of piperidine rings is 1. The van der Waals surface area contributed by atoms with Crippen molar-refractivity contribution in [1.29, 1.82) is 0 Å². The van der Waals surface area contributed by atoms with E-state index >= 15 is 0 Å². The van der Waals surface area contributed by atoms with Gasteiger partial charge in [-0.1, -0.05) is 61.4 Å². The average molecular weight is 349 g/mol. The van der Waals surface area contributed by atoms with Crippen LogP contribution in [0.5, 0.6) is 0 Å². The zero-order valence-corrected chi connectivity index (χ0v) is 15.4. The molecule has 3 heteroatoms. The van der Waals surface area contributed by atoms with E-state index < -0.39 is 0 Å². The zero-order valence-electron chi connectivity index (χ0n) is 15.4. The average Bonchev–Trinajstić information content (AvgIpc) is 2.69. The number of fused-ring (bicyclic) bond motifs is 1. The molecule has 1 saturated heterocycles. The van der Waals surface area contributed by atoms with Crippen molar-refractivity contribution >= 4 is 11.6 Å². The molecule has 1 aliphatic heterocycles. The number of nitrogens with one attached hydrogen (secondary N) is 2.